The van der Waals surface area contributed by atoms with Crippen molar-refractivity contribution in [2.75, 3.05) is 44.6 Å². The minimum absolute atomic E-state index is 0.0840. The number of amides is 1. The molecule has 1 amide bonds. The van der Waals surface area contributed by atoms with Crippen molar-refractivity contribution < 1.29 is 14.4 Å². The van der Waals surface area contributed by atoms with Gasteiger partial charge in [-0.25, -0.2) is 0 Å². The predicted molar refractivity (Wildman–Crippen MR) is 79.0 cm³/mol. The third-order valence-corrected chi connectivity index (χ3v) is 3.34. The average molecular weight is 296 g/mol. The monoisotopic (exact) mass is 296 g/mol. The van der Waals surface area contributed by atoms with E-state index < -0.39 is 5.60 Å². The number of nitrogens with one attached hydrogen (secondary N) is 1. The third kappa shape index (κ3) is 5.45. The number of carbonyl (C=O) groups excluding carboxylic acids is 1. The zero-order valence-corrected chi connectivity index (χ0v) is 12.9. The SMILES string of the molecule is Cc1cc(NC(=O)CN2CCN(CC(C)(C)O)CC2)no1. The Labute approximate surface area is 124 Å². The lowest BCUT2D eigenvalue weighted by Gasteiger charge is -2.36. The Hall–Kier alpha value is -1.44. The topological polar surface area (TPSA) is 81.8 Å². The molecule has 1 saturated heterocycles. The first kappa shape index (κ1) is 15.9. The minimum Gasteiger partial charge on any atom is -0.389 e. The molecule has 1 aliphatic rings. The Morgan fingerprint density at radius 1 is 1.38 bits per heavy atom. The molecule has 1 aromatic rings. The van der Waals surface area contributed by atoms with Gasteiger partial charge in [0.05, 0.1) is 12.1 Å². The summed E-state index contributed by atoms with van der Waals surface area (Å²) >= 11 is 0. The van der Waals surface area contributed by atoms with Crippen LogP contribution in [0.4, 0.5) is 5.82 Å². The number of β-amino-alcohol motifs (C(OH)–C–C–N with tert-alkyl or cyclic N) is 1. The first-order chi connectivity index (χ1) is 9.82. The Morgan fingerprint density at radius 3 is 2.52 bits per heavy atom. The molecule has 2 N–H and O–H groups in total. The van der Waals surface area contributed by atoms with Gasteiger partial charge in [0.1, 0.15) is 5.76 Å². The maximum atomic E-state index is 11.9. The van der Waals surface area contributed by atoms with E-state index in [1.165, 1.54) is 0 Å². The number of piperazine rings is 1. The molecule has 7 nitrogen and oxygen atoms in total. The maximum Gasteiger partial charge on any atom is 0.239 e. The van der Waals surface area contributed by atoms with Crippen LogP contribution in [0.3, 0.4) is 0 Å². The van der Waals surface area contributed by atoms with Crippen molar-refractivity contribution in [1.29, 1.82) is 0 Å². The molecule has 1 fully saturated rings. The molecular weight excluding hydrogens is 272 g/mol. The van der Waals surface area contributed by atoms with Gasteiger partial charge in [0.2, 0.25) is 5.91 Å². The Bertz CT molecular complexity index is 473. The maximum absolute atomic E-state index is 11.9. The molecule has 0 unspecified atom stereocenters. The lowest BCUT2D eigenvalue weighted by molar-refractivity contribution is -0.117. The van der Waals surface area contributed by atoms with Gasteiger partial charge in [-0.3, -0.25) is 14.6 Å². The molecule has 0 bridgehead atoms. The Kier molecular flexibility index (Phi) is 4.97. The lowest BCUT2D eigenvalue weighted by atomic mass is 10.1. The first-order valence-electron chi connectivity index (χ1n) is 7.22. The number of hydrogen-bond donors (Lipinski definition) is 2. The van der Waals surface area contributed by atoms with Crippen LogP contribution in [-0.2, 0) is 4.79 Å². The molecule has 21 heavy (non-hydrogen) atoms. The molecule has 0 radical (unpaired) electrons. The van der Waals surface area contributed by atoms with E-state index in [1.807, 2.05) is 13.8 Å². The van der Waals surface area contributed by atoms with Gasteiger partial charge in [-0.05, 0) is 20.8 Å². The number of aromatic nitrogens is 1. The first-order valence-corrected chi connectivity index (χ1v) is 7.22. The molecule has 0 aromatic carbocycles. The van der Waals surface area contributed by atoms with Gasteiger partial charge in [0.25, 0.3) is 0 Å². The van der Waals surface area contributed by atoms with Gasteiger partial charge in [0, 0.05) is 38.8 Å². The van der Waals surface area contributed by atoms with Crippen molar-refractivity contribution in [3.05, 3.63) is 11.8 Å². The molecule has 2 rings (SSSR count). The predicted octanol–water partition coefficient (Wildman–Crippen LogP) is 0.310. The van der Waals surface area contributed by atoms with E-state index in [9.17, 15) is 9.90 Å². The number of aliphatic hydroxyl groups is 1. The summed E-state index contributed by atoms with van der Waals surface area (Å²) in [7, 11) is 0. The van der Waals surface area contributed by atoms with Crippen molar-refractivity contribution >= 4 is 11.7 Å². The highest BCUT2D eigenvalue weighted by molar-refractivity contribution is 5.91. The van der Waals surface area contributed by atoms with Crippen molar-refractivity contribution in [2.24, 2.45) is 0 Å². The number of anilines is 1. The van der Waals surface area contributed by atoms with Gasteiger partial charge in [-0.15, -0.1) is 0 Å². The van der Waals surface area contributed by atoms with Crippen LogP contribution in [0.2, 0.25) is 0 Å². The van der Waals surface area contributed by atoms with E-state index in [-0.39, 0.29) is 5.91 Å². The van der Waals surface area contributed by atoms with Crippen LogP contribution in [0.1, 0.15) is 19.6 Å². The number of aryl methyl sites for hydroxylation is 1. The van der Waals surface area contributed by atoms with Gasteiger partial charge in [-0.2, -0.15) is 0 Å². The van der Waals surface area contributed by atoms with Crippen LogP contribution in [0, 0.1) is 6.92 Å². The largest absolute Gasteiger partial charge is 0.389 e. The molecule has 0 spiro atoms. The van der Waals surface area contributed by atoms with Gasteiger partial charge >= 0.3 is 0 Å². The highest BCUT2D eigenvalue weighted by Gasteiger charge is 2.23. The van der Waals surface area contributed by atoms with Crippen LogP contribution < -0.4 is 5.32 Å². The number of rotatable bonds is 5. The Morgan fingerprint density at radius 2 is 2.00 bits per heavy atom. The van der Waals surface area contributed by atoms with Crippen LogP contribution >= 0.6 is 0 Å². The third-order valence-electron chi connectivity index (χ3n) is 3.34. The quantitative estimate of drug-likeness (QED) is 0.814. The van der Waals surface area contributed by atoms with E-state index >= 15 is 0 Å². The summed E-state index contributed by atoms with van der Waals surface area (Å²) in [5, 5.41) is 16.3. The highest BCUT2D eigenvalue weighted by Crippen LogP contribution is 2.10. The second-order valence-corrected chi connectivity index (χ2v) is 6.24. The summed E-state index contributed by atoms with van der Waals surface area (Å²) in [6.45, 7) is 9.78. The number of nitrogens with zero attached hydrogens (tertiary/aromatic N) is 3. The van der Waals surface area contributed by atoms with Crippen molar-refractivity contribution in [3.8, 4) is 0 Å². The van der Waals surface area contributed by atoms with E-state index in [0.717, 1.165) is 26.2 Å². The highest BCUT2D eigenvalue weighted by atomic mass is 16.5. The van der Waals surface area contributed by atoms with E-state index in [4.69, 9.17) is 4.52 Å². The van der Waals surface area contributed by atoms with Gasteiger partial charge < -0.3 is 14.9 Å². The van der Waals surface area contributed by atoms with Crippen LogP contribution in [0.5, 0.6) is 0 Å². The fourth-order valence-electron chi connectivity index (χ4n) is 2.46. The zero-order chi connectivity index (χ0) is 15.5. The molecule has 0 atom stereocenters. The second-order valence-electron chi connectivity index (χ2n) is 6.24. The standard InChI is InChI=1S/C14H24N4O3/c1-11-8-12(16-21-11)15-13(19)9-17-4-6-18(7-5-17)10-14(2,3)20/h8,20H,4-7,9-10H2,1-3H3,(H,15,16,19). The lowest BCUT2D eigenvalue weighted by Crippen LogP contribution is -2.51. The minimum atomic E-state index is -0.676. The van der Waals surface area contributed by atoms with Crippen LogP contribution in [-0.4, -0.2) is 70.8 Å². The number of hydrogen-bond acceptors (Lipinski definition) is 6. The molecule has 0 aliphatic carbocycles. The molecule has 0 saturated carbocycles. The van der Waals surface area contributed by atoms with E-state index in [1.54, 1.807) is 13.0 Å². The molecule has 118 valence electrons. The average Bonchev–Trinajstić information content (AvgIpc) is 2.75. The summed E-state index contributed by atoms with van der Waals surface area (Å²) in [6, 6.07) is 1.69. The van der Waals surface area contributed by atoms with Gasteiger partial charge in [-0.1, -0.05) is 5.16 Å². The van der Waals surface area contributed by atoms with Crippen LogP contribution in [0.15, 0.2) is 10.6 Å². The summed E-state index contributed by atoms with van der Waals surface area (Å²) in [4.78, 5) is 16.2. The van der Waals surface area contributed by atoms with Crippen molar-refractivity contribution in [2.45, 2.75) is 26.4 Å². The second kappa shape index (κ2) is 6.55. The zero-order valence-electron chi connectivity index (χ0n) is 12.9. The Balaban J connectivity index is 1.72. The fourth-order valence-corrected chi connectivity index (χ4v) is 2.46. The summed E-state index contributed by atoms with van der Waals surface area (Å²) in [6.07, 6.45) is 0. The normalized spacial score (nSPS) is 17.9. The summed E-state index contributed by atoms with van der Waals surface area (Å²) < 4.78 is 4.91. The van der Waals surface area contributed by atoms with Crippen molar-refractivity contribution in [1.82, 2.24) is 15.0 Å². The number of carbonyl (C=O) groups is 1. The van der Waals surface area contributed by atoms with Crippen LogP contribution in [0.25, 0.3) is 0 Å². The summed E-state index contributed by atoms with van der Waals surface area (Å²) in [5.41, 5.74) is -0.676. The molecule has 1 aromatic heterocycles. The molecule has 7 heteroatoms. The fraction of sp³-hybridized carbons (Fsp3) is 0.714. The van der Waals surface area contributed by atoms with Crippen molar-refractivity contribution in [3.63, 3.8) is 0 Å². The molecule has 1 aliphatic heterocycles. The smallest absolute Gasteiger partial charge is 0.239 e. The summed E-state index contributed by atoms with van der Waals surface area (Å²) in [5.74, 6) is 1.04. The van der Waals surface area contributed by atoms with E-state index in [0.29, 0.717) is 24.7 Å². The molecular formula is C14H24N4O3. The molecule has 2 heterocycles. The van der Waals surface area contributed by atoms with Gasteiger partial charge in [0.15, 0.2) is 5.82 Å². The van der Waals surface area contributed by atoms with E-state index in [2.05, 4.69) is 20.3 Å².